The second-order valence-corrected chi connectivity index (χ2v) is 3.85. The average molecular weight is 219 g/mol. The summed E-state index contributed by atoms with van der Waals surface area (Å²) in [6.45, 7) is 6.97. The second kappa shape index (κ2) is 9.09. The zero-order valence-corrected chi connectivity index (χ0v) is 10.4. The molecule has 0 saturated carbocycles. The van der Waals surface area contributed by atoms with Gasteiger partial charge in [0.25, 0.3) is 0 Å². The zero-order valence-electron chi connectivity index (χ0n) is 10.4. The highest BCUT2D eigenvalue weighted by Crippen LogP contribution is 2.03. The van der Waals surface area contributed by atoms with E-state index in [4.69, 9.17) is 9.47 Å². The first-order chi connectivity index (χ1) is 7.15. The fourth-order valence-corrected chi connectivity index (χ4v) is 1.45. The van der Waals surface area contributed by atoms with E-state index in [2.05, 4.69) is 11.8 Å². The van der Waals surface area contributed by atoms with Gasteiger partial charge in [-0.15, -0.1) is 0 Å². The van der Waals surface area contributed by atoms with Crippen LogP contribution in [0.3, 0.4) is 0 Å². The summed E-state index contributed by atoms with van der Waals surface area (Å²) >= 11 is 0. The van der Waals surface area contributed by atoms with Crippen LogP contribution < -0.4 is 0 Å². The van der Waals surface area contributed by atoms with Gasteiger partial charge in [-0.3, -0.25) is 4.90 Å². The predicted molar refractivity (Wildman–Crippen MR) is 61.1 cm³/mol. The molecule has 4 heteroatoms. The highest BCUT2D eigenvalue weighted by atomic mass is 16.5. The topological polar surface area (TPSA) is 41.9 Å². The summed E-state index contributed by atoms with van der Waals surface area (Å²) in [4.78, 5) is 2.20. The number of hydrogen-bond donors (Lipinski definition) is 1. The lowest BCUT2D eigenvalue weighted by Crippen LogP contribution is -2.42. The summed E-state index contributed by atoms with van der Waals surface area (Å²) in [6.07, 6.45) is 0.518. The molecule has 4 nitrogen and oxygen atoms in total. The van der Waals surface area contributed by atoms with Crippen LogP contribution in [0.2, 0.25) is 0 Å². The molecule has 0 spiro atoms. The number of hydrogen-bond acceptors (Lipinski definition) is 4. The Bertz CT molecular complexity index is 144. The average Bonchev–Trinajstić information content (AvgIpc) is 2.24. The van der Waals surface area contributed by atoms with Gasteiger partial charge in [0.2, 0.25) is 0 Å². The Labute approximate surface area is 93.2 Å². The quantitative estimate of drug-likeness (QED) is 0.621. The molecule has 0 heterocycles. The number of ether oxygens (including phenoxy) is 2. The van der Waals surface area contributed by atoms with Gasteiger partial charge in [0.1, 0.15) is 0 Å². The van der Waals surface area contributed by atoms with Crippen LogP contribution >= 0.6 is 0 Å². The van der Waals surface area contributed by atoms with Crippen molar-refractivity contribution in [1.29, 1.82) is 0 Å². The van der Waals surface area contributed by atoms with Crippen LogP contribution in [0.25, 0.3) is 0 Å². The van der Waals surface area contributed by atoms with E-state index in [1.807, 2.05) is 6.92 Å². The third-order valence-electron chi connectivity index (χ3n) is 2.53. The van der Waals surface area contributed by atoms with Gasteiger partial charge in [0.15, 0.2) is 0 Å². The summed E-state index contributed by atoms with van der Waals surface area (Å²) < 4.78 is 10.2. The van der Waals surface area contributed by atoms with Crippen molar-refractivity contribution in [3.05, 3.63) is 0 Å². The number of aliphatic hydroxyl groups excluding tert-OH is 1. The van der Waals surface area contributed by atoms with Gasteiger partial charge in [-0.05, 0) is 13.3 Å². The maximum atomic E-state index is 9.62. The molecule has 1 N–H and O–H groups in total. The van der Waals surface area contributed by atoms with Crippen LogP contribution in [0.5, 0.6) is 0 Å². The summed E-state index contributed by atoms with van der Waals surface area (Å²) in [5.74, 6) is 0. The second-order valence-electron chi connectivity index (χ2n) is 3.85. The molecular formula is C11H25NO3. The Kier molecular flexibility index (Phi) is 9.00. The molecule has 0 aromatic rings. The molecule has 0 aliphatic rings. The van der Waals surface area contributed by atoms with E-state index in [-0.39, 0.29) is 6.10 Å². The van der Waals surface area contributed by atoms with Crippen molar-refractivity contribution in [2.24, 2.45) is 0 Å². The molecule has 0 fully saturated rings. The first-order valence-electron chi connectivity index (χ1n) is 5.55. The Morgan fingerprint density at radius 3 is 2.40 bits per heavy atom. The lowest BCUT2D eigenvalue weighted by atomic mass is 10.2. The minimum Gasteiger partial charge on any atom is -0.392 e. The number of rotatable bonds is 9. The molecule has 0 aliphatic heterocycles. The summed E-state index contributed by atoms with van der Waals surface area (Å²) in [6, 6.07) is 0.311. The van der Waals surface area contributed by atoms with Gasteiger partial charge in [0, 0.05) is 33.4 Å². The first-order valence-corrected chi connectivity index (χ1v) is 5.55. The van der Waals surface area contributed by atoms with Crippen LogP contribution in [0.4, 0.5) is 0 Å². The molecular weight excluding hydrogens is 194 g/mol. The maximum Gasteiger partial charge on any atom is 0.0664 e. The van der Waals surface area contributed by atoms with Crippen molar-refractivity contribution in [2.75, 3.05) is 40.5 Å². The van der Waals surface area contributed by atoms with Crippen molar-refractivity contribution < 1.29 is 14.6 Å². The number of nitrogens with zero attached hydrogens (tertiary/aromatic N) is 1. The summed E-state index contributed by atoms with van der Waals surface area (Å²) in [5, 5.41) is 9.62. The van der Waals surface area contributed by atoms with Crippen LogP contribution in [0.1, 0.15) is 20.3 Å². The molecule has 0 aromatic heterocycles. The van der Waals surface area contributed by atoms with E-state index >= 15 is 0 Å². The van der Waals surface area contributed by atoms with Gasteiger partial charge in [0.05, 0.1) is 19.3 Å². The van der Waals surface area contributed by atoms with Gasteiger partial charge in [-0.2, -0.15) is 0 Å². The third kappa shape index (κ3) is 6.84. The zero-order chi connectivity index (χ0) is 11.7. The standard InChI is InChI=1S/C11H25NO3/c1-5-11(13)8-12(6-7-14-3)10(2)9-15-4/h10-11,13H,5-9H2,1-4H3. The van der Waals surface area contributed by atoms with Crippen molar-refractivity contribution in [2.45, 2.75) is 32.4 Å². The SMILES string of the molecule is CCC(O)CN(CCOC)C(C)COC. The fraction of sp³-hybridized carbons (Fsp3) is 1.00. The lowest BCUT2D eigenvalue weighted by molar-refractivity contribution is 0.0380. The van der Waals surface area contributed by atoms with Gasteiger partial charge in [-0.25, -0.2) is 0 Å². The first kappa shape index (κ1) is 14.8. The highest BCUT2D eigenvalue weighted by molar-refractivity contribution is 4.70. The minimum absolute atomic E-state index is 0.263. The Balaban J connectivity index is 4.03. The number of aliphatic hydroxyl groups is 1. The van der Waals surface area contributed by atoms with Crippen LogP contribution in [-0.2, 0) is 9.47 Å². The van der Waals surface area contributed by atoms with Crippen molar-refractivity contribution in [3.63, 3.8) is 0 Å². The van der Waals surface area contributed by atoms with E-state index in [9.17, 15) is 5.11 Å². The molecule has 0 radical (unpaired) electrons. The van der Waals surface area contributed by atoms with Gasteiger partial charge in [-0.1, -0.05) is 6.92 Å². The van der Waals surface area contributed by atoms with Crippen molar-refractivity contribution in [3.8, 4) is 0 Å². The molecule has 0 amide bonds. The molecule has 0 bridgehead atoms. The van der Waals surface area contributed by atoms with E-state index in [0.29, 0.717) is 25.8 Å². The molecule has 92 valence electrons. The normalized spacial score (nSPS) is 15.6. The lowest BCUT2D eigenvalue weighted by Gasteiger charge is -2.30. The van der Waals surface area contributed by atoms with Crippen LogP contribution in [0.15, 0.2) is 0 Å². The Morgan fingerprint density at radius 1 is 1.27 bits per heavy atom. The van der Waals surface area contributed by atoms with E-state index in [1.165, 1.54) is 0 Å². The number of methoxy groups -OCH3 is 2. The van der Waals surface area contributed by atoms with E-state index in [1.54, 1.807) is 14.2 Å². The molecule has 0 aromatic carbocycles. The summed E-state index contributed by atoms with van der Waals surface area (Å²) in [5.41, 5.74) is 0. The molecule has 2 unspecified atom stereocenters. The predicted octanol–water partition coefficient (Wildman–Crippen LogP) is 0.741. The highest BCUT2D eigenvalue weighted by Gasteiger charge is 2.16. The van der Waals surface area contributed by atoms with Crippen molar-refractivity contribution >= 4 is 0 Å². The Hall–Kier alpha value is -0.160. The monoisotopic (exact) mass is 219 g/mol. The van der Waals surface area contributed by atoms with E-state index < -0.39 is 0 Å². The van der Waals surface area contributed by atoms with Crippen molar-refractivity contribution in [1.82, 2.24) is 4.90 Å². The minimum atomic E-state index is -0.263. The Morgan fingerprint density at radius 2 is 1.93 bits per heavy atom. The largest absolute Gasteiger partial charge is 0.392 e. The summed E-state index contributed by atoms with van der Waals surface area (Å²) in [7, 11) is 3.39. The van der Waals surface area contributed by atoms with E-state index in [0.717, 1.165) is 13.0 Å². The molecule has 0 aliphatic carbocycles. The maximum absolute atomic E-state index is 9.62. The molecule has 15 heavy (non-hydrogen) atoms. The molecule has 0 saturated heterocycles. The fourth-order valence-electron chi connectivity index (χ4n) is 1.45. The van der Waals surface area contributed by atoms with Gasteiger partial charge >= 0.3 is 0 Å². The van der Waals surface area contributed by atoms with Gasteiger partial charge < -0.3 is 14.6 Å². The third-order valence-corrected chi connectivity index (χ3v) is 2.53. The molecule has 0 rings (SSSR count). The molecule has 2 atom stereocenters. The van der Waals surface area contributed by atoms with Crippen LogP contribution in [-0.4, -0.2) is 62.7 Å². The van der Waals surface area contributed by atoms with Crippen LogP contribution in [0, 0.1) is 0 Å². The smallest absolute Gasteiger partial charge is 0.0664 e.